The summed E-state index contributed by atoms with van der Waals surface area (Å²) < 4.78 is 12.9. The molecule has 1 aliphatic heterocycles. The Morgan fingerprint density at radius 2 is 2.00 bits per heavy atom. The van der Waals surface area contributed by atoms with Crippen LogP contribution in [0.1, 0.15) is 45.1 Å². The van der Waals surface area contributed by atoms with E-state index in [4.69, 9.17) is 0 Å². The summed E-state index contributed by atoms with van der Waals surface area (Å²) in [5.74, 6) is -0.154. The van der Waals surface area contributed by atoms with Crippen LogP contribution in [0, 0.1) is 5.82 Å². The molecule has 1 N–H and O–H groups in total. The third kappa shape index (κ3) is 5.76. The zero-order valence-electron chi connectivity index (χ0n) is 13.4. The van der Waals surface area contributed by atoms with Crippen LogP contribution in [0.15, 0.2) is 24.3 Å². The summed E-state index contributed by atoms with van der Waals surface area (Å²) in [6.07, 6.45) is 6.02. The van der Waals surface area contributed by atoms with Gasteiger partial charge in [-0.15, -0.1) is 0 Å². The number of hydrogen-bond donors (Lipinski definition) is 1. The predicted molar refractivity (Wildman–Crippen MR) is 87.1 cm³/mol. The van der Waals surface area contributed by atoms with Crippen LogP contribution in [0.2, 0.25) is 0 Å². The van der Waals surface area contributed by atoms with Gasteiger partial charge in [-0.05, 0) is 76.4 Å². The normalized spacial score (nSPS) is 22.0. The fourth-order valence-electron chi connectivity index (χ4n) is 3.30. The molecule has 1 aromatic carbocycles. The topological polar surface area (TPSA) is 15.3 Å². The third-order valence-electron chi connectivity index (χ3n) is 4.34. The molecule has 1 heterocycles. The SMILES string of the molecule is CCCN1CCCC(NC(C)Cc2ccc(F)cc2)CC1. The van der Waals surface area contributed by atoms with E-state index in [9.17, 15) is 4.39 Å². The standard InChI is InChI=1S/C18H29FN2/c1-3-11-21-12-4-5-18(10-13-21)20-15(2)14-16-6-8-17(19)9-7-16/h6-9,15,18,20H,3-5,10-14H2,1-2H3. The molecule has 1 fully saturated rings. The van der Waals surface area contributed by atoms with E-state index in [0.29, 0.717) is 12.1 Å². The van der Waals surface area contributed by atoms with Crippen molar-refractivity contribution in [3.8, 4) is 0 Å². The largest absolute Gasteiger partial charge is 0.311 e. The van der Waals surface area contributed by atoms with E-state index in [1.807, 2.05) is 12.1 Å². The second-order valence-electron chi connectivity index (χ2n) is 6.37. The van der Waals surface area contributed by atoms with Crippen molar-refractivity contribution >= 4 is 0 Å². The second kappa shape index (κ2) is 8.50. The van der Waals surface area contributed by atoms with Gasteiger partial charge in [0.25, 0.3) is 0 Å². The molecule has 0 radical (unpaired) electrons. The van der Waals surface area contributed by atoms with Gasteiger partial charge in [-0.1, -0.05) is 19.1 Å². The maximum atomic E-state index is 12.9. The summed E-state index contributed by atoms with van der Waals surface area (Å²) in [4.78, 5) is 2.59. The molecule has 21 heavy (non-hydrogen) atoms. The lowest BCUT2D eigenvalue weighted by molar-refractivity contribution is 0.281. The zero-order valence-corrected chi connectivity index (χ0v) is 13.4. The van der Waals surface area contributed by atoms with Crippen molar-refractivity contribution in [2.24, 2.45) is 0 Å². The average molecular weight is 292 g/mol. The van der Waals surface area contributed by atoms with Crippen molar-refractivity contribution in [2.45, 2.75) is 58.0 Å². The van der Waals surface area contributed by atoms with E-state index in [1.165, 1.54) is 50.9 Å². The highest BCUT2D eigenvalue weighted by molar-refractivity contribution is 5.17. The van der Waals surface area contributed by atoms with Gasteiger partial charge in [0.05, 0.1) is 0 Å². The molecule has 0 saturated carbocycles. The van der Waals surface area contributed by atoms with Crippen LogP contribution in [-0.4, -0.2) is 36.6 Å². The van der Waals surface area contributed by atoms with Crippen molar-refractivity contribution in [1.82, 2.24) is 10.2 Å². The van der Waals surface area contributed by atoms with Crippen molar-refractivity contribution in [2.75, 3.05) is 19.6 Å². The van der Waals surface area contributed by atoms with Crippen molar-refractivity contribution in [3.05, 3.63) is 35.6 Å². The average Bonchev–Trinajstić information content (AvgIpc) is 2.67. The highest BCUT2D eigenvalue weighted by Gasteiger charge is 2.18. The molecule has 1 aliphatic rings. The summed E-state index contributed by atoms with van der Waals surface area (Å²) in [7, 11) is 0. The molecular formula is C18H29FN2. The number of nitrogens with zero attached hydrogens (tertiary/aromatic N) is 1. The van der Waals surface area contributed by atoms with Crippen molar-refractivity contribution in [1.29, 1.82) is 0 Å². The maximum Gasteiger partial charge on any atom is 0.123 e. The minimum atomic E-state index is -0.154. The van der Waals surface area contributed by atoms with Crippen LogP contribution in [0.3, 0.4) is 0 Å². The quantitative estimate of drug-likeness (QED) is 0.861. The first kappa shape index (κ1) is 16.4. The fourth-order valence-corrected chi connectivity index (χ4v) is 3.30. The van der Waals surface area contributed by atoms with Crippen molar-refractivity contribution < 1.29 is 4.39 Å². The predicted octanol–water partition coefficient (Wildman–Crippen LogP) is 3.61. The van der Waals surface area contributed by atoms with Gasteiger partial charge < -0.3 is 10.2 Å². The number of rotatable bonds is 6. The Bertz CT molecular complexity index is 404. The molecule has 2 unspecified atom stereocenters. The Hall–Kier alpha value is -0.930. The summed E-state index contributed by atoms with van der Waals surface area (Å²) in [5, 5.41) is 3.76. The molecular weight excluding hydrogens is 263 g/mol. The van der Waals surface area contributed by atoms with E-state index in [1.54, 1.807) is 12.1 Å². The van der Waals surface area contributed by atoms with E-state index >= 15 is 0 Å². The van der Waals surface area contributed by atoms with E-state index in [2.05, 4.69) is 24.1 Å². The van der Waals surface area contributed by atoms with Crippen LogP contribution >= 0.6 is 0 Å². The summed E-state index contributed by atoms with van der Waals surface area (Å²) in [6.45, 7) is 8.19. The van der Waals surface area contributed by atoms with Gasteiger partial charge in [0.15, 0.2) is 0 Å². The Labute approximate surface area is 128 Å². The molecule has 0 aliphatic carbocycles. The lowest BCUT2D eigenvalue weighted by Crippen LogP contribution is -2.38. The van der Waals surface area contributed by atoms with Crippen molar-refractivity contribution in [3.63, 3.8) is 0 Å². The smallest absolute Gasteiger partial charge is 0.123 e. The molecule has 2 atom stereocenters. The van der Waals surface area contributed by atoms with Gasteiger partial charge >= 0.3 is 0 Å². The number of halogens is 1. The van der Waals surface area contributed by atoms with Crippen LogP contribution < -0.4 is 5.32 Å². The van der Waals surface area contributed by atoms with E-state index in [-0.39, 0.29) is 5.82 Å². The molecule has 0 spiro atoms. The lowest BCUT2D eigenvalue weighted by Gasteiger charge is -2.23. The van der Waals surface area contributed by atoms with Gasteiger partial charge in [0, 0.05) is 12.1 Å². The molecule has 1 saturated heterocycles. The zero-order chi connectivity index (χ0) is 15.1. The summed E-state index contributed by atoms with van der Waals surface area (Å²) in [6, 6.07) is 7.96. The van der Waals surface area contributed by atoms with Crippen LogP contribution in [-0.2, 0) is 6.42 Å². The minimum Gasteiger partial charge on any atom is -0.311 e. The number of hydrogen-bond acceptors (Lipinski definition) is 2. The third-order valence-corrected chi connectivity index (χ3v) is 4.34. The number of likely N-dealkylation sites (tertiary alicyclic amines) is 1. The molecule has 2 rings (SSSR count). The van der Waals surface area contributed by atoms with E-state index < -0.39 is 0 Å². The maximum absolute atomic E-state index is 12.9. The number of nitrogens with one attached hydrogen (secondary N) is 1. The second-order valence-corrected chi connectivity index (χ2v) is 6.37. The fraction of sp³-hybridized carbons (Fsp3) is 0.667. The van der Waals surface area contributed by atoms with Crippen LogP contribution in [0.4, 0.5) is 4.39 Å². The highest BCUT2D eigenvalue weighted by Crippen LogP contribution is 2.13. The molecule has 1 aromatic rings. The van der Waals surface area contributed by atoms with Gasteiger partial charge in [0.2, 0.25) is 0 Å². The van der Waals surface area contributed by atoms with Gasteiger partial charge in [-0.3, -0.25) is 0 Å². The molecule has 0 bridgehead atoms. The van der Waals surface area contributed by atoms with E-state index in [0.717, 1.165) is 6.42 Å². The molecule has 2 nitrogen and oxygen atoms in total. The minimum absolute atomic E-state index is 0.154. The Kier molecular flexibility index (Phi) is 6.65. The van der Waals surface area contributed by atoms with Gasteiger partial charge in [-0.25, -0.2) is 4.39 Å². The molecule has 0 aromatic heterocycles. The molecule has 0 amide bonds. The Balaban J connectivity index is 1.76. The van der Waals surface area contributed by atoms with Gasteiger partial charge in [-0.2, -0.15) is 0 Å². The molecule has 118 valence electrons. The van der Waals surface area contributed by atoms with Gasteiger partial charge in [0.1, 0.15) is 5.82 Å². The monoisotopic (exact) mass is 292 g/mol. The lowest BCUT2D eigenvalue weighted by atomic mass is 10.0. The van der Waals surface area contributed by atoms with Crippen LogP contribution in [0.25, 0.3) is 0 Å². The summed E-state index contributed by atoms with van der Waals surface area (Å²) in [5.41, 5.74) is 1.21. The first-order valence-corrected chi connectivity index (χ1v) is 8.40. The first-order chi connectivity index (χ1) is 10.2. The Morgan fingerprint density at radius 3 is 2.71 bits per heavy atom. The highest BCUT2D eigenvalue weighted by atomic mass is 19.1. The number of benzene rings is 1. The molecule has 3 heteroatoms. The Morgan fingerprint density at radius 1 is 1.24 bits per heavy atom. The van der Waals surface area contributed by atoms with Crippen LogP contribution in [0.5, 0.6) is 0 Å². The summed E-state index contributed by atoms with van der Waals surface area (Å²) >= 11 is 0. The first-order valence-electron chi connectivity index (χ1n) is 8.40.